The number of carbonyl (C=O) groups excluding carboxylic acids is 2. The van der Waals surface area contributed by atoms with Crippen molar-refractivity contribution < 1.29 is 23.3 Å². The molecule has 1 aliphatic rings. The maximum atomic E-state index is 13.7. The van der Waals surface area contributed by atoms with Crippen LogP contribution in [0.5, 0.6) is 0 Å². The Labute approximate surface area is 177 Å². The monoisotopic (exact) mass is 435 g/mol. The van der Waals surface area contributed by atoms with Gasteiger partial charge in [-0.2, -0.15) is 5.10 Å². The highest BCUT2D eigenvalue weighted by Crippen LogP contribution is 2.37. The second-order valence-electron chi connectivity index (χ2n) is 7.03. The molecule has 4 aromatic rings. The minimum absolute atomic E-state index is 0.00974. The number of nitro benzene ring substituents is 1. The van der Waals surface area contributed by atoms with Gasteiger partial charge in [-0.25, -0.2) is 23.3 Å². The molecular formula is C21H11F2N5O4. The molecule has 0 radical (unpaired) electrons. The van der Waals surface area contributed by atoms with Crippen LogP contribution in [0.4, 0.5) is 20.2 Å². The second kappa shape index (κ2) is 6.74. The second-order valence-corrected chi connectivity index (χ2v) is 7.03. The molecule has 0 saturated heterocycles. The molecular weight excluding hydrogens is 424 g/mol. The van der Waals surface area contributed by atoms with Crippen LogP contribution in [-0.2, 0) is 0 Å². The van der Waals surface area contributed by atoms with Crippen LogP contribution in [0.2, 0.25) is 0 Å². The van der Waals surface area contributed by atoms with E-state index >= 15 is 0 Å². The molecule has 3 heterocycles. The number of imide groups is 1. The molecule has 0 saturated carbocycles. The Bertz CT molecular complexity index is 1500. The van der Waals surface area contributed by atoms with Crippen molar-refractivity contribution in [3.8, 4) is 5.69 Å². The first kappa shape index (κ1) is 19.4. The van der Waals surface area contributed by atoms with Crippen molar-refractivity contribution >= 4 is 34.2 Å². The van der Waals surface area contributed by atoms with Crippen LogP contribution < -0.4 is 4.90 Å². The highest BCUT2D eigenvalue weighted by molar-refractivity contribution is 6.38. The highest BCUT2D eigenvalue weighted by Gasteiger charge is 2.42. The van der Waals surface area contributed by atoms with Crippen LogP contribution in [0.1, 0.15) is 26.4 Å². The number of pyridine rings is 1. The molecule has 9 nitrogen and oxygen atoms in total. The summed E-state index contributed by atoms with van der Waals surface area (Å²) in [4.78, 5) is 42.0. The zero-order valence-electron chi connectivity index (χ0n) is 16.2. The molecule has 1 aliphatic heterocycles. The first-order chi connectivity index (χ1) is 15.3. The van der Waals surface area contributed by atoms with Crippen molar-refractivity contribution in [2.24, 2.45) is 0 Å². The van der Waals surface area contributed by atoms with E-state index in [9.17, 15) is 28.5 Å². The number of para-hydroxylation sites is 2. The summed E-state index contributed by atoms with van der Waals surface area (Å²) in [6.45, 7) is 1.58. The number of halogens is 2. The number of hydrogen-bond acceptors (Lipinski definition) is 6. The van der Waals surface area contributed by atoms with Crippen molar-refractivity contribution in [3.05, 3.63) is 87.2 Å². The number of nitrogens with zero attached hydrogens (tertiary/aromatic N) is 5. The van der Waals surface area contributed by atoms with Gasteiger partial charge in [-0.3, -0.25) is 19.7 Å². The molecule has 5 rings (SSSR count). The van der Waals surface area contributed by atoms with Gasteiger partial charge in [0, 0.05) is 18.3 Å². The lowest BCUT2D eigenvalue weighted by Crippen LogP contribution is -2.30. The average Bonchev–Trinajstić information content (AvgIpc) is 3.24. The molecule has 0 spiro atoms. The van der Waals surface area contributed by atoms with Crippen LogP contribution in [-0.4, -0.2) is 31.5 Å². The van der Waals surface area contributed by atoms with Crippen molar-refractivity contribution in [1.82, 2.24) is 14.8 Å². The number of hydrogen-bond donors (Lipinski definition) is 0. The topological polar surface area (TPSA) is 111 Å². The average molecular weight is 435 g/mol. The van der Waals surface area contributed by atoms with Gasteiger partial charge < -0.3 is 0 Å². The fraction of sp³-hybridized carbons (Fsp3) is 0.0476. The van der Waals surface area contributed by atoms with E-state index in [4.69, 9.17) is 0 Å². The Morgan fingerprint density at radius 1 is 1.03 bits per heavy atom. The van der Waals surface area contributed by atoms with Gasteiger partial charge in [-0.15, -0.1) is 0 Å². The van der Waals surface area contributed by atoms with Gasteiger partial charge in [-0.1, -0.05) is 12.1 Å². The number of nitro groups is 1. The van der Waals surface area contributed by atoms with E-state index in [0.29, 0.717) is 5.69 Å². The molecule has 0 atom stereocenters. The van der Waals surface area contributed by atoms with Gasteiger partial charge in [0.2, 0.25) is 0 Å². The number of carbonyl (C=O) groups is 2. The quantitative estimate of drug-likeness (QED) is 0.276. The summed E-state index contributed by atoms with van der Waals surface area (Å²) in [7, 11) is 0. The highest BCUT2D eigenvalue weighted by atomic mass is 19.2. The molecule has 158 valence electrons. The van der Waals surface area contributed by atoms with E-state index in [1.165, 1.54) is 41.2 Å². The molecule has 0 unspecified atom stereocenters. The summed E-state index contributed by atoms with van der Waals surface area (Å²) in [5.41, 5.74) is 0.0280. The Kier molecular flexibility index (Phi) is 4.09. The molecule has 32 heavy (non-hydrogen) atoms. The van der Waals surface area contributed by atoms with Gasteiger partial charge in [0.1, 0.15) is 5.69 Å². The van der Waals surface area contributed by atoms with E-state index in [2.05, 4.69) is 10.1 Å². The fourth-order valence-electron chi connectivity index (χ4n) is 3.78. The van der Waals surface area contributed by atoms with E-state index < -0.39 is 34.1 Å². The summed E-state index contributed by atoms with van der Waals surface area (Å²) < 4.78 is 28.3. The first-order valence-electron chi connectivity index (χ1n) is 9.25. The number of rotatable bonds is 3. The maximum Gasteiger partial charge on any atom is 0.293 e. The summed E-state index contributed by atoms with van der Waals surface area (Å²) >= 11 is 0. The fourth-order valence-corrected chi connectivity index (χ4v) is 3.78. The Balaban J connectivity index is 1.72. The summed E-state index contributed by atoms with van der Waals surface area (Å²) in [5.74, 6) is -3.64. The van der Waals surface area contributed by atoms with Crippen LogP contribution in [0, 0.1) is 28.7 Å². The molecule has 0 aliphatic carbocycles. The first-order valence-corrected chi connectivity index (χ1v) is 9.25. The molecule has 0 bridgehead atoms. The Morgan fingerprint density at radius 2 is 1.78 bits per heavy atom. The summed E-state index contributed by atoms with van der Waals surface area (Å²) in [5, 5.41) is 15.9. The lowest BCUT2D eigenvalue weighted by Gasteiger charge is -2.13. The molecule has 0 N–H and O–H groups in total. The molecule has 2 amide bonds. The van der Waals surface area contributed by atoms with E-state index in [-0.39, 0.29) is 33.5 Å². The molecule has 2 aromatic carbocycles. The van der Waals surface area contributed by atoms with Gasteiger partial charge in [0.15, 0.2) is 17.3 Å². The lowest BCUT2D eigenvalue weighted by atomic mass is 10.1. The van der Waals surface area contributed by atoms with Gasteiger partial charge in [0.05, 0.1) is 32.8 Å². The van der Waals surface area contributed by atoms with Crippen molar-refractivity contribution in [1.29, 1.82) is 0 Å². The number of aromatic nitrogens is 3. The van der Waals surface area contributed by atoms with Crippen molar-refractivity contribution in [2.45, 2.75) is 6.92 Å². The van der Waals surface area contributed by atoms with Gasteiger partial charge in [-0.05, 0) is 25.1 Å². The minimum atomic E-state index is -1.08. The Hall–Kier alpha value is -4.54. The number of anilines is 1. The van der Waals surface area contributed by atoms with Gasteiger partial charge >= 0.3 is 0 Å². The largest absolute Gasteiger partial charge is 0.293 e. The third-order valence-electron chi connectivity index (χ3n) is 5.19. The van der Waals surface area contributed by atoms with Crippen LogP contribution >= 0.6 is 0 Å². The zero-order valence-corrected chi connectivity index (χ0v) is 16.2. The third kappa shape index (κ3) is 2.61. The predicted molar refractivity (Wildman–Crippen MR) is 108 cm³/mol. The van der Waals surface area contributed by atoms with Crippen LogP contribution in [0.15, 0.2) is 48.7 Å². The number of fused-ring (bicyclic) bond motifs is 3. The normalized spacial score (nSPS) is 13.2. The lowest BCUT2D eigenvalue weighted by molar-refractivity contribution is -0.384. The number of benzene rings is 2. The standard InChI is InChI=1S/C21H11F2N5O4/c1-10-17-18-12(9-24-19(17)27(25-10)11-6-7-13(22)14(23)8-11)20(29)26(21(18)30)15-4-2-3-5-16(15)28(31)32/h2-9H,1H3. The molecule has 0 fully saturated rings. The van der Waals surface area contributed by atoms with Gasteiger partial charge in [0.25, 0.3) is 17.5 Å². The summed E-state index contributed by atoms with van der Waals surface area (Å²) in [6, 6.07) is 8.57. The van der Waals surface area contributed by atoms with Crippen LogP contribution in [0.25, 0.3) is 16.7 Å². The zero-order chi connectivity index (χ0) is 22.7. The van der Waals surface area contributed by atoms with E-state index in [0.717, 1.165) is 17.0 Å². The number of aryl methyl sites for hydroxylation is 1. The third-order valence-corrected chi connectivity index (χ3v) is 5.19. The maximum absolute atomic E-state index is 13.7. The van der Waals surface area contributed by atoms with Crippen molar-refractivity contribution in [3.63, 3.8) is 0 Å². The Morgan fingerprint density at radius 3 is 2.50 bits per heavy atom. The predicted octanol–water partition coefficient (Wildman–Crippen LogP) is 3.72. The SMILES string of the molecule is Cc1nn(-c2ccc(F)c(F)c2)c2ncc3c(c12)C(=O)N(c1ccccc1[N+](=O)[O-])C3=O. The smallest absolute Gasteiger partial charge is 0.268 e. The van der Waals surface area contributed by atoms with Crippen molar-refractivity contribution in [2.75, 3.05) is 4.90 Å². The minimum Gasteiger partial charge on any atom is -0.268 e. The van der Waals surface area contributed by atoms with E-state index in [1.807, 2.05) is 0 Å². The van der Waals surface area contributed by atoms with Crippen LogP contribution in [0.3, 0.4) is 0 Å². The molecule has 11 heteroatoms. The van der Waals surface area contributed by atoms with E-state index in [1.54, 1.807) is 6.92 Å². The number of amides is 2. The summed E-state index contributed by atoms with van der Waals surface area (Å²) in [6.07, 6.45) is 1.17. The molecule has 2 aromatic heterocycles.